The van der Waals surface area contributed by atoms with Crippen LogP contribution in [0.2, 0.25) is 0 Å². The zero-order valence-corrected chi connectivity index (χ0v) is 15.4. The molecule has 0 spiro atoms. The van der Waals surface area contributed by atoms with Crippen molar-refractivity contribution < 1.29 is 14.4 Å². The van der Waals surface area contributed by atoms with E-state index in [1.54, 1.807) is 11.9 Å². The molecule has 3 heterocycles. The number of hydrogen-bond acceptors (Lipinski definition) is 4. The molecule has 0 aliphatic carbocycles. The zero-order valence-electron chi connectivity index (χ0n) is 15.4. The smallest absolute Gasteiger partial charge is 0.248 e. The van der Waals surface area contributed by atoms with Gasteiger partial charge in [0.1, 0.15) is 12.1 Å². The predicted molar refractivity (Wildman–Crippen MR) is 99.7 cm³/mol. The summed E-state index contributed by atoms with van der Waals surface area (Å²) in [6, 6.07) is 6.12. The first kappa shape index (κ1) is 17.5. The second-order valence-electron chi connectivity index (χ2n) is 7.08. The van der Waals surface area contributed by atoms with Gasteiger partial charge in [-0.1, -0.05) is 18.2 Å². The summed E-state index contributed by atoms with van der Waals surface area (Å²) in [7, 11) is 1.57. The van der Waals surface area contributed by atoms with Crippen molar-refractivity contribution in [3.63, 3.8) is 0 Å². The molecule has 2 aliphatic rings. The number of H-pyrrole nitrogens is 1. The monoisotopic (exact) mass is 369 g/mol. The Morgan fingerprint density at radius 3 is 2.74 bits per heavy atom. The van der Waals surface area contributed by atoms with Crippen LogP contribution in [0.3, 0.4) is 0 Å². The number of fused-ring (bicyclic) bond motifs is 5. The van der Waals surface area contributed by atoms with E-state index in [-0.39, 0.29) is 24.3 Å². The summed E-state index contributed by atoms with van der Waals surface area (Å²) in [5, 5.41) is 3.72. The normalized spacial score (nSPS) is 24.6. The fourth-order valence-corrected chi connectivity index (χ4v) is 4.44. The molecule has 0 bridgehead atoms. The molecule has 3 amide bonds. The number of nitrogens with one attached hydrogen (secondary N) is 2. The summed E-state index contributed by atoms with van der Waals surface area (Å²) < 4.78 is 0. The quantitative estimate of drug-likeness (QED) is 0.686. The van der Waals surface area contributed by atoms with E-state index in [1.807, 2.05) is 24.3 Å². The summed E-state index contributed by atoms with van der Waals surface area (Å²) in [6.45, 7) is 1.79. The third-order valence-electron chi connectivity index (χ3n) is 5.71. The number of likely N-dealkylation sites (N-methyl/N-ethyl adjacent to an activating group) is 1. The largest absolute Gasteiger partial charge is 0.357 e. The average molecular weight is 369 g/mol. The van der Waals surface area contributed by atoms with Gasteiger partial charge in [0.05, 0.1) is 6.04 Å². The Kier molecular flexibility index (Phi) is 4.15. The molecule has 2 aromatic rings. The number of nitrogens with zero attached hydrogens (tertiary/aromatic N) is 2. The number of nitrogens with two attached hydrogens (primary N) is 1. The van der Waals surface area contributed by atoms with Crippen molar-refractivity contribution in [3.8, 4) is 0 Å². The summed E-state index contributed by atoms with van der Waals surface area (Å²) >= 11 is 0. The molecule has 142 valence electrons. The lowest BCUT2D eigenvalue weighted by atomic mass is 9.88. The number of hydrogen-bond donors (Lipinski definition) is 3. The van der Waals surface area contributed by atoms with Crippen LogP contribution in [0.25, 0.3) is 10.9 Å². The predicted octanol–water partition coefficient (Wildman–Crippen LogP) is -0.102. The fourth-order valence-electron chi connectivity index (χ4n) is 4.44. The third kappa shape index (κ3) is 2.51. The molecule has 0 unspecified atom stereocenters. The highest BCUT2D eigenvalue weighted by atomic mass is 16.2. The molecule has 1 fully saturated rings. The molecular formula is C19H23N5O3. The van der Waals surface area contributed by atoms with Gasteiger partial charge in [0, 0.05) is 50.1 Å². The Morgan fingerprint density at radius 2 is 2.07 bits per heavy atom. The van der Waals surface area contributed by atoms with Gasteiger partial charge in [0.25, 0.3) is 0 Å². The highest BCUT2D eigenvalue weighted by Gasteiger charge is 2.49. The molecule has 27 heavy (non-hydrogen) atoms. The Hall–Kier alpha value is -2.87. The van der Waals surface area contributed by atoms with Crippen LogP contribution in [0.5, 0.6) is 0 Å². The van der Waals surface area contributed by atoms with Gasteiger partial charge in [0.15, 0.2) is 0 Å². The molecule has 0 saturated carbocycles. The van der Waals surface area contributed by atoms with Gasteiger partial charge in [-0.15, -0.1) is 0 Å². The second-order valence-corrected chi connectivity index (χ2v) is 7.08. The van der Waals surface area contributed by atoms with E-state index in [0.29, 0.717) is 13.0 Å². The van der Waals surface area contributed by atoms with Crippen LogP contribution in [0.1, 0.15) is 24.2 Å². The van der Waals surface area contributed by atoms with Crippen LogP contribution in [-0.4, -0.2) is 64.7 Å². The maximum atomic E-state index is 13.2. The second kappa shape index (κ2) is 6.38. The molecule has 4 N–H and O–H groups in total. The minimum Gasteiger partial charge on any atom is -0.357 e. The Balaban J connectivity index is 1.89. The van der Waals surface area contributed by atoms with Gasteiger partial charge in [-0.3, -0.25) is 14.4 Å². The summed E-state index contributed by atoms with van der Waals surface area (Å²) in [4.78, 5) is 44.5. The first-order chi connectivity index (χ1) is 13.0. The summed E-state index contributed by atoms with van der Waals surface area (Å²) in [6.07, 6.45) is 0.429. The van der Waals surface area contributed by atoms with Crippen LogP contribution < -0.4 is 11.1 Å². The molecule has 3 atom stereocenters. The van der Waals surface area contributed by atoms with Crippen molar-refractivity contribution in [2.24, 2.45) is 5.73 Å². The van der Waals surface area contributed by atoms with Crippen LogP contribution in [0, 0.1) is 0 Å². The number of amides is 3. The standard InChI is InChI=1S/C19H23N5O3/c1-10(25)23-9-16-17-12(11-5-3-4-6-13(11)22-17)7-14(18(26)21-2)24(16)19(27)15(23)8-20/h3-6,14-16,22H,7-9,20H2,1-2H3,(H,21,26)/t14-,15+,16+/m0/s1. The van der Waals surface area contributed by atoms with Crippen molar-refractivity contribution in [3.05, 3.63) is 35.5 Å². The van der Waals surface area contributed by atoms with Gasteiger partial charge in [-0.2, -0.15) is 0 Å². The molecule has 0 radical (unpaired) electrons. The number of aromatic nitrogens is 1. The number of carbonyl (C=O) groups excluding carboxylic acids is 3. The van der Waals surface area contributed by atoms with Gasteiger partial charge in [-0.05, 0) is 11.6 Å². The van der Waals surface area contributed by atoms with Crippen LogP contribution >= 0.6 is 0 Å². The minimum absolute atomic E-state index is 0.0294. The number of benzene rings is 1. The van der Waals surface area contributed by atoms with E-state index in [1.165, 1.54) is 11.8 Å². The van der Waals surface area contributed by atoms with Crippen molar-refractivity contribution >= 4 is 28.6 Å². The Labute approximate surface area is 156 Å². The topological polar surface area (TPSA) is 112 Å². The molecular weight excluding hydrogens is 346 g/mol. The van der Waals surface area contributed by atoms with E-state index in [2.05, 4.69) is 10.3 Å². The maximum Gasteiger partial charge on any atom is 0.248 e. The number of para-hydroxylation sites is 1. The van der Waals surface area contributed by atoms with E-state index in [4.69, 9.17) is 5.73 Å². The molecule has 1 aromatic heterocycles. The summed E-state index contributed by atoms with van der Waals surface area (Å²) in [5.74, 6) is -0.684. The van der Waals surface area contributed by atoms with E-state index in [9.17, 15) is 14.4 Å². The minimum atomic E-state index is -0.739. The van der Waals surface area contributed by atoms with E-state index < -0.39 is 18.1 Å². The van der Waals surface area contributed by atoms with Crippen molar-refractivity contribution in [1.29, 1.82) is 0 Å². The molecule has 2 aliphatic heterocycles. The van der Waals surface area contributed by atoms with Crippen molar-refractivity contribution in [2.75, 3.05) is 20.1 Å². The first-order valence-corrected chi connectivity index (χ1v) is 9.08. The number of aromatic amines is 1. The van der Waals surface area contributed by atoms with Crippen LogP contribution in [-0.2, 0) is 20.8 Å². The maximum absolute atomic E-state index is 13.2. The Morgan fingerprint density at radius 1 is 1.33 bits per heavy atom. The third-order valence-corrected chi connectivity index (χ3v) is 5.71. The highest BCUT2D eigenvalue weighted by Crippen LogP contribution is 2.40. The number of rotatable bonds is 2. The molecule has 8 nitrogen and oxygen atoms in total. The van der Waals surface area contributed by atoms with Gasteiger partial charge in [0.2, 0.25) is 17.7 Å². The Bertz CT molecular complexity index is 937. The van der Waals surface area contributed by atoms with Gasteiger partial charge in [-0.25, -0.2) is 0 Å². The molecule has 8 heteroatoms. The van der Waals surface area contributed by atoms with Crippen molar-refractivity contribution in [1.82, 2.24) is 20.1 Å². The zero-order chi connectivity index (χ0) is 19.3. The van der Waals surface area contributed by atoms with Crippen LogP contribution in [0.4, 0.5) is 0 Å². The van der Waals surface area contributed by atoms with Gasteiger partial charge < -0.3 is 25.8 Å². The molecule has 4 rings (SSSR count). The molecule has 1 aromatic carbocycles. The first-order valence-electron chi connectivity index (χ1n) is 9.08. The lowest BCUT2D eigenvalue weighted by Gasteiger charge is -2.49. The van der Waals surface area contributed by atoms with E-state index in [0.717, 1.165) is 22.2 Å². The lowest BCUT2D eigenvalue weighted by molar-refractivity contribution is -0.160. The summed E-state index contributed by atoms with van der Waals surface area (Å²) in [5.41, 5.74) is 8.69. The number of piperazine rings is 1. The fraction of sp³-hybridized carbons (Fsp3) is 0.421. The average Bonchev–Trinajstić information content (AvgIpc) is 3.05. The SMILES string of the molecule is CNC(=O)[C@@H]1Cc2c([nH]c3ccccc23)[C@H]2CN(C(C)=O)[C@H](CN)C(=O)N21. The van der Waals surface area contributed by atoms with Crippen molar-refractivity contribution in [2.45, 2.75) is 31.5 Å². The van der Waals surface area contributed by atoms with E-state index >= 15 is 0 Å². The molecule has 1 saturated heterocycles. The lowest BCUT2D eigenvalue weighted by Crippen LogP contribution is -2.67. The van der Waals surface area contributed by atoms with Gasteiger partial charge >= 0.3 is 0 Å². The number of carbonyl (C=O) groups is 3. The van der Waals surface area contributed by atoms with Crippen LogP contribution in [0.15, 0.2) is 24.3 Å². The highest BCUT2D eigenvalue weighted by molar-refractivity contribution is 5.95.